The van der Waals surface area contributed by atoms with E-state index < -0.39 is 5.82 Å². The zero-order chi connectivity index (χ0) is 23.9. The van der Waals surface area contributed by atoms with Gasteiger partial charge in [0, 0.05) is 27.7 Å². The van der Waals surface area contributed by atoms with Gasteiger partial charge in [-0.1, -0.05) is 35.3 Å². The summed E-state index contributed by atoms with van der Waals surface area (Å²) in [5.74, 6) is -0.849. The van der Waals surface area contributed by atoms with Crippen LogP contribution in [-0.2, 0) is 4.79 Å². The van der Waals surface area contributed by atoms with Crippen molar-refractivity contribution in [2.75, 3.05) is 6.61 Å². The molecule has 2 bridgehead atoms. The summed E-state index contributed by atoms with van der Waals surface area (Å²) in [6, 6.07) is 15.0. The lowest BCUT2D eigenvalue weighted by Crippen LogP contribution is -2.66. The summed E-state index contributed by atoms with van der Waals surface area (Å²) in [6.45, 7) is -0.215. The molecule has 34 heavy (non-hydrogen) atoms. The van der Waals surface area contributed by atoms with Crippen LogP contribution in [0.15, 0.2) is 54.6 Å². The number of fused-ring (bicyclic) bond motifs is 2. The lowest BCUT2D eigenvalue weighted by molar-refractivity contribution is -0.126. The number of hydrogen-bond donors (Lipinski definition) is 3. The van der Waals surface area contributed by atoms with Gasteiger partial charge in [0.2, 0.25) is 0 Å². The molecule has 3 saturated carbocycles. The highest BCUT2D eigenvalue weighted by atomic mass is 35.5. The molecule has 3 aliphatic rings. The van der Waals surface area contributed by atoms with E-state index in [2.05, 4.69) is 16.2 Å². The fraction of sp³-hybridized carbons (Fsp3) is 0.280. The van der Waals surface area contributed by atoms with E-state index in [9.17, 15) is 14.0 Å². The Balaban J connectivity index is 1.11. The topological polar surface area (TPSA) is 79.5 Å². The zero-order valence-electron chi connectivity index (χ0n) is 18.1. The second kappa shape index (κ2) is 8.73. The first kappa shape index (κ1) is 22.9. The number of carbonyl (C=O) groups excluding carboxylic acids is 2. The maximum Gasteiger partial charge on any atom is 0.265 e. The van der Waals surface area contributed by atoms with Gasteiger partial charge >= 0.3 is 0 Å². The molecular weight excluding hydrogens is 480 g/mol. The van der Waals surface area contributed by atoms with Crippen LogP contribution in [0, 0.1) is 5.82 Å². The van der Waals surface area contributed by atoms with Crippen molar-refractivity contribution in [2.45, 2.75) is 36.8 Å². The molecule has 0 atom stereocenters. The molecule has 0 heterocycles. The lowest BCUT2D eigenvalue weighted by atomic mass is 9.71. The fourth-order valence-corrected chi connectivity index (χ4v) is 5.34. The third-order valence-electron chi connectivity index (χ3n) is 6.61. The molecular formula is C25H22Cl2FN3O3. The quantitative estimate of drug-likeness (QED) is 0.407. The van der Waals surface area contributed by atoms with Gasteiger partial charge < -0.3 is 10.1 Å². The summed E-state index contributed by atoms with van der Waals surface area (Å²) in [5.41, 5.74) is 6.00. The predicted molar refractivity (Wildman–Crippen MR) is 129 cm³/mol. The number of hydrazine groups is 1. The molecule has 3 fully saturated rings. The van der Waals surface area contributed by atoms with E-state index in [0.29, 0.717) is 23.4 Å². The van der Waals surface area contributed by atoms with Gasteiger partial charge in [-0.3, -0.25) is 15.0 Å². The van der Waals surface area contributed by atoms with Crippen molar-refractivity contribution in [1.82, 2.24) is 16.2 Å². The Morgan fingerprint density at radius 1 is 0.941 bits per heavy atom. The number of hydrogen-bond acceptors (Lipinski definition) is 4. The van der Waals surface area contributed by atoms with E-state index in [1.54, 1.807) is 12.1 Å². The Bertz CT molecular complexity index is 1290. The van der Waals surface area contributed by atoms with E-state index in [-0.39, 0.29) is 40.3 Å². The van der Waals surface area contributed by atoms with Crippen molar-refractivity contribution >= 4 is 45.8 Å². The minimum absolute atomic E-state index is 0.00225. The number of nitrogens with one attached hydrogen (secondary N) is 3. The van der Waals surface area contributed by atoms with Crippen LogP contribution in [0.2, 0.25) is 10.0 Å². The van der Waals surface area contributed by atoms with Gasteiger partial charge in [0.15, 0.2) is 6.61 Å². The average molecular weight is 502 g/mol. The molecule has 3 N–H and O–H groups in total. The third kappa shape index (κ3) is 4.56. The molecule has 2 amide bonds. The van der Waals surface area contributed by atoms with E-state index in [1.165, 1.54) is 12.1 Å². The monoisotopic (exact) mass is 501 g/mol. The van der Waals surface area contributed by atoms with E-state index >= 15 is 0 Å². The average Bonchev–Trinajstić information content (AvgIpc) is 3.33. The Morgan fingerprint density at radius 3 is 2.47 bits per heavy atom. The number of amides is 2. The molecule has 0 saturated heterocycles. The summed E-state index contributed by atoms with van der Waals surface area (Å²) in [7, 11) is 0. The number of halogens is 3. The number of benzene rings is 3. The molecule has 3 aromatic carbocycles. The molecule has 176 valence electrons. The van der Waals surface area contributed by atoms with Crippen LogP contribution in [0.5, 0.6) is 5.75 Å². The van der Waals surface area contributed by atoms with Crippen LogP contribution in [0.3, 0.4) is 0 Å². The summed E-state index contributed by atoms with van der Waals surface area (Å²) >= 11 is 11.7. The molecule has 6 nitrogen and oxygen atoms in total. The fourth-order valence-electron chi connectivity index (χ4n) is 5.04. The van der Waals surface area contributed by atoms with Crippen molar-refractivity contribution in [3.05, 3.63) is 76.0 Å². The van der Waals surface area contributed by atoms with Crippen molar-refractivity contribution in [3.63, 3.8) is 0 Å². The van der Waals surface area contributed by atoms with Crippen molar-refractivity contribution in [2.24, 2.45) is 0 Å². The van der Waals surface area contributed by atoms with Gasteiger partial charge in [0.05, 0.1) is 5.02 Å². The molecule has 6 rings (SSSR count). The largest absolute Gasteiger partial charge is 0.484 e. The van der Waals surface area contributed by atoms with E-state index in [1.807, 2.05) is 24.3 Å². The van der Waals surface area contributed by atoms with Crippen LogP contribution >= 0.6 is 23.2 Å². The molecule has 3 aliphatic carbocycles. The highest BCUT2D eigenvalue weighted by molar-refractivity contribution is 6.31. The lowest BCUT2D eigenvalue weighted by Gasteiger charge is -2.48. The van der Waals surface area contributed by atoms with Gasteiger partial charge in [-0.15, -0.1) is 0 Å². The number of carbonyl (C=O) groups is 2. The SMILES string of the molecule is O=C(COc1ccc(Cl)c(F)c1)NC12CCC(NNC(=O)c3ccc4cc(Cl)ccc4c3)(C1)C2. The van der Waals surface area contributed by atoms with E-state index in [0.717, 1.165) is 29.7 Å². The summed E-state index contributed by atoms with van der Waals surface area (Å²) in [4.78, 5) is 25.1. The molecule has 3 aromatic rings. The van der Waals surface area contributed by atoms with Crippen LogP contribution in [0.25, 0.3) is 10.8 Å². The minimum Gasteiger partial charge on any atom is -0.484 e. The van der Waals surface area contributed by atoms with Crippen LogP contribution in [0.1, 0.15) is 36.0 Å². The molecule has 0 aromatic heterocycles. The van der Waals surface area contributed by atoms with Crippen LogP contribution in [-0.4, -0.2) is 29.5 Å². The smallest absolute Gasteiger partial charge is 0.265 e. The minimum atomic E-state index is -0.598. The normalized spacial score (nSPS) is 22.8. The third-order valence-corrected chi connectivity index (χ3v) is 7.15. The Kier molecular flexibility index (Phi) is 5.88. The zero-order valence-corrected chi connectivity index (χ0v) is 19.6. The van der Waals surface area contributed by atoms with Crippen molar-refractivity contribution < 1.29 is 18.7 Å². The van der Waals surface area contributed by atoms with Gasteiger partial charge in [0.1, 0.15) is 11.6 Å². The second-order valence-corrected chi connectivity index (χ2v) is 9.96. The highest BCUT2D eigenvalue weighted by Gasteiger charge is 2.61. The Hall–Kier alpha value is -2.87. The maximum atomic E-state index is 13.5. The number of rotatable bonds is 7. The predicted octanol–water partition coefficient (Wildman–Crippen LogP) is 4.78. The highest BCUT2D eigenvalue weighted by Crippen LogP contribution is 2.54. The summed E-state index contributed by atoms with van der Waals surface area (Å²) in [6.07, 6.45) is 3.04. The Labute approximate surface area is 205 Å². The van der Waals surface area contributed by atoms with Gasteiger partial charge in [-0.25, -0.2) is 9.82 Å². The maximum absolute atomic E-state index is 13.5. The molecule has 0 radical (unpaired) electrons. The summed E-state index contributed by atoms with van der Waals surface area (Å²) in [5, 5.41) is 5.59. The molecule has 9 heteroatoms. The Morgan fingerprint density at radius 2 is 1.68 bits per heavy atom. The first-order valence-electron chi connectivity index (χ1n) is 10.9. The number of ether oxygens (including phenoxy) is 1. The first-order valence-corrected chi connectivity index (χ1v) is 11.7. The van der Waals surface area contributed by atoms with Crippen molar-refractivity contribution in [3.8, 4) is 5.75 Å². The molecule has 0 aliphatic heterocycles. The summed E-state index contributed by atoms with van der Waals surface area (Å²) < 4.78 is 18.9. The second-order valence-electron chi connectivity index (χ2n) is 9.11. The van der Waals surface area contributed by atoms with Gasteiger partial charge in [-0.2, -0.15) is 0 Å². The van der Waals surface area contributed by atoms with Crippen LogP contribution < -0.4 is 20.9 Å². The van der Waals surface area contributed by atoms with E-state index in [4.69, 9.17) is 27.9 Å². The van der Waals surface area contributed by atoms with Gasteiger partial charge in [-0.05, 0) is 72.9 Å². The molecule has 0 spiro atoms. The van der Waals surface area contributed by atoms with Crippen LogP contribution in [0.4, 0.5) is 4.39 Å². The first-order chi connectivity index (χ1) is 16.2. The standard InChI is InChI=1S/C25H22Cl2FN3O3/c26-18-4-3-15-9-17(2-1-16(15)10-18)23(33)30-31-25-8-7-24(13-25,14-25)29-22(32)12-34-19-5-6-20(27)21(28)11-19/h1-6,9-11,31H,7-8,12-14H2,(H,29,32)(H,30,33). The molecule has 0 unspecified atom stereocenters. The van der Waals surface area contributed by atoms with Gasteiger partial charge in [0.25, 0.3) is 11.8 Å². The van der Waals surface area contributed by atoms with Crippen molar-refractivity contribution in [1.29, 1.82) is 0 Å².